The van der Waals surface area contributed by atoms with Gasteiger partial charge in [-0.25, -0.2) is 4.79 Å². The van der Waals surface area contributed by atoms with Crippen LogP contribution >= 0.6 is 0 Å². The van der Waals surface area contributed by atoms with Crippen LogP contribution in [0.25, 0.3) is 0 Å². The molecule has 0 saturated carbocycles. The van der Waals surface area contributed by atoms with Gasteiger partial charge in [-0.3, -0.25) is 9.59 Å². The molecule has 0 aliphatic rings. The largest absolute Gasteiger partial charge is 0.467 e. The molecule has 27 heavy (non-hydrogen) atoms. The number of anilines is 1. The van der Waals surface area contributed by atoms with Crippen LogP contribution in [0.3, 0.4) is 0 Å². The van der Waals surface area contributed by atoms with Gasteiger partial charge in [-0.15, -0.1) is 0 Å². The fourth-order valence-corrected chi connectivity index (χ4v) is 2.63. The Balaban J connectivity index is 2.50. The van der Waals surface area contributed by atoms with E-state index in [0.29, 0.717) is 17.7 Å². The molecule has 146 valence electrons. The van der Waals surface area contributed by atoms with Gasteiger partial charge >= 0.3 is 5.97 Å². The van der Waals surface area contributed by atoms with Crippen molar-refractivity contribution in [3.05, 3.63) is 29.8 Å². The fraction of sp³-hybridized carbons (Fsp3) is 0.500. The number of carbonyl (C=O) groups excluding carboxylic acids is 3. The van der Waals surface area contributed by atoms with Crippen molar-refractivity contribution >= 4 is 23.5 Å². The predicted molar refractivity (Wildman–Crippen MR) is 102 cm³/mol. The summed E-state index contributed by atoms with van der Waals surface area (Å²) in [4.78, 5) is 36.1. The normalized spacial score (nSPS) is 12.6. The van der Waals surface area contributed by atoms with Gasteiger partial charge in [0, 0.05) is 18.5 Å². The minimum Gasteiger partial charge on any atom is -0.467 e. The van der Waals surface area contributed by atoms with Crippen LogP contribution in [-0.2, 0) is 19.1 Å². The van der Waals surface area contributed by atoms with Gasteiger partial charge in [0.15, 0.2) is 0 Å². The average molecular weight is 373 g/mol. The number of hydrogen-bond acceptors (Lipinski definition) is 5. The smallest absolute Gasteiger partial charge is 0.328 e. The number of carbonyl (C=O) groups is 3. The van der Waals surface area contributed by atoms with Crippen LogP contribution in [0.4, 0.5) is 5.69 Å². The first-order chi connectivity index (χ1) is 12.7. The van der Waals surface area contributed by atoms with Crippen molar-refractivity contribution in [2.75, 3.05) is 12.4 Å². The van der Waals surface area contributed by atoms with Crippen molar-refractivity contribution in [1.29, 1.82) is 5.26 Å². The Morgan fingerprint density at radius 1 is 1.07 bits per heavy atom. The molecule has 1 rings (SSSR count). The van der Waals surface area contributed by atoms with E-state index in [9.17, 15) is 14.4 Å². The molecular weight excluding hydrogens is 346 g/mol. The summed E-state index contributed by atoms with van der Waals surface area (Å²) >= 11 is 0. The molecule has 2 atom stereocenters. The molecular formula is C20H27N3O4. The van der Waals surface area contributed by atoms with Crippen molar-refractivity contribution in [3.63, 3.8) is 0 Å². The SMILES string of the molecule is COC(=O)[C@H](CC(C)C)NC(=O)C[C@@H](C)CC(=O)Nc1ccc(C#N)cc1. The van der Waals surface area contributed by atoms with Gasteiger partial charge in [0.2, 0.25) is 11.8 Å². The van der Waals surface area contributed by atoms with E-state index in [4.69, 9.17) is 10.00 Å². The van der Waals surface area contributed by atoms with Gasteiger partial charge < -0.3 is 15.4 Å². The number of esters is 1. The highest BCUT2D eigenvalue weighted by Gasteiger charge is 2.23. The third-order valence-corrected chi connectivity index (χ3v) is 3.89. The van der Waals surface area contributed by atoms with E-state index < -0.39 is 12.0 Å². The summed E-state index contributed by atoms with van der Waals surface area (Å²) < 4.78 is 4.73. The van der Waals surface area contributed by atoms with Gasteiger partial charge in [-0.05, 0) is 42.5 Å². The van der Waals surface area contributed by atoms with Crippen LogP contribution in [0.15, 0.2) is 24.3 Å². The molecule has 0 aliphatic heterocycles. The molecule has 0 bridgehead atoms. The summed E-state index contributed by atoms with van der Waals surface area (Å²) in [6, 6.07) is 7.88. The molecule has 7 heteroatoms. The lowest BCUT2D eigenvalue weighted by atomic mass is 10.0. The van der Waals surface area contributed by atoms with Crippen LogP contribution < -0.4 is 10.6 Å². The van der Waals surface area contributed by atoms with Gasteiger partial charge in [-0.2, -0.15) is 5.26 Å². The maximum absolute atomic E-state index is 12.2. The highest BCUT2D eigenvalue weighted by atomic mass is 16.5. The minimum atomic E-state index is -0.679. The Bertz CT molecular complexity index is 692. The maximum atomic E-state index is 12.2. The third-order valence-electron chi connectivity index (χ3n) is 3.89. The van der Waals surface area contributed by atoms with Crippen LogP contribution in [0.5, 0.6) is 0 Å². The molecule has 0 saturated heterocycles. The van der Waals surface area contributed by atoms with Crippen molar-refractivity contribution < 1.29 is 19.1 Å². The quantitative estimate of drug-likeness (QED) is 0.647. The molecule has 0 aromatic heterocycles. The first kappa shape index (κ1) is 22.2. The summed E-state index contributed by atoms with van der Waals surface area (Å²) in [5.74, 6) is -0.939. The van der Waals surface area contributed by atoms with Crippen LogP contribution in [-0.4, -0.2) is 30.9 Å². The van der Waals surface area contributed by atoms with Crippen LogP contribution in [0, 0.1) is 23.2 Å². The Morgan fingerprint density at radius 2 is 1.67 bits per heavy atom. The lowest BCUT2D eigenvalue weighted by molar-refractivity contribution is -0.145. The molecule has 1 aromatic rings. The zero-order chi connectivity index (χ0) is 20.4. The van der Waals surface area contributed by atoms with Crippen molar-refractivity contribution in [3.8, 4) is 6.07 Å². The van der Waals surface area contributed by atoms with E-state index in [1.807, 2.05) is 19.9 Å². The number of amides is 2. The molecule has 0 aliphatic carbocycles. The minimum absolute atomic E-state index is 0.131. The summed E-state index contributed by atoms with van der Waals surface area (Å²) in [6.07, 6.45) is 0.791. The van der Waals surface area contributed by atoms with Gasteiger partial charge in [-0.1, -0.05) is 20.8 Å². The number of nitrogens with zero attached hydrogens (tertiary/aromatic N) is 1. The van der Waals surface area contributed by atoms with E-state index in [-0.39, 0.29) is 36.5 Å². The summed E-state index contributed by atoms with van der Waals surface area (Å²) in [6.45, 7) is 5.71. The number of nitriles is 1. The lowest BCUT2D eigenvalue weighted by Crippen LogP contribution is -2.42. The number of rotatable bonds is 9. The van der Waals surface area contributed by atoms with Crippen LogP contribution in [0.1, 0.15) is 45.6 Å². The summed E-state index contributed by atoms with van der Waals surface area (Å²) in [7, 11) is 1.29. The van der Waals surface area contributed by atoms with E-state index in [1.54, 1.807) is 31.2 Å². The Hall–Kier alpha value is -2.88. The predicted octanol–water partition coefficient (Wildman–Crippen LogP) is 2.62. The standard InChI is InChI=1S/C20H27N3O4/c1-13(2)9-17(20(26)27-4)23-19(25)11-14(3)10-18(24)22-16-7-5-15(12-21)6-8-16/h5-8,13-14,17H,9-11H2,1-4H3,(H,22,24)(H,23,25)/t14-,17-/m0/s1. The van der Waals surface area contributed by atoms with Crippen molar-refractivity contribution in [2.24, 2.45) is 11.8 Å². The first-order valence-electron chi connectivity index (χ1n) is 8.92. The summed E-state index contributed by atoms with van der Waals surface area (Å²) in [5.41, 5.74) is 1.11. The fourth-order valence-electron chi connectivity index (χ4n) is 2.63. The maximum Gasteiger partial charge on any atom is 0.328 e. The summed E-state index contributed by atoms with van der Waals surface area (Å²) in [5, 5.41) is 14.2. The van der Waals surface area contributed by atoms with Gasteiger partial charge in [0.05, 0.1) is 18.7 Å². The van der Waals surface area contributed by atoms with Gasteiger partial charge in [0.25, 0.3) is 0 Å². The number of hydrogen-bond donors (Lipinski definition) is 2. The second kappa shape index (κ2) is 11.0. The molecule has 7 nitrogen and oxygen atoms in total. The topological polar surface area (TPSA) is 108 Å². The number of nitrogens with one attached hydrogen (secondary N) is 2. The Morgan fingerprint density at radius 3 is 2.19 bits per heavy atom. The molecule has 0 fully saturated rings. The second-order valence-electron chi connectivity index (χ2n) is 7.02. The van der Waals surface area contributed by atoms with Gasteiger partial charge in [0.1, 0.15) is 6.04 Å². The van der Waals surface area contributed by atoms with Crippen molar-refractivity contribution in [2.45, 2.75) is 46.1 Å². The van der Waals surface area contributed by atoms with E-state index in [0.717, 1.165) is 0 Å². The number of benzene rings is 1. The van der Waals surface area contributed by atoms with E-state index in [2.05, 4.69) is 10.6 Å². The molecule has 2 N–H and O–H groups in total. The molecule has 0 unspecified atom stereocenters. The Kier molecular flexibility index (Phi) is 9.00. The molecule has 0 radical (unpaired) electrons. The number of ether oxygens (including phenoxy) is 1. The zero-order valence-electron chi connectivity index (χ0n) is 16.2. The van der Waals surface area contributed by atoms with E-state index in [1.165, 1.54) is 7.11 Å². The van der Waals surface area contributed by atoms with Crippen molar-refractivity contribution in [1.82, 2.24) is 5.32 Å². The first-order valence-corrected chi connectivity index (χ1v) is 8.92. The molecule has 0 heterocycles. The molecule has 0 spiro atoms. The Labute approximate surface area is 160 Å². The van der Waals surface area contributed by atoms with E-state index >= 15 is 0 Å². The molecule has 2 amide bonds. The zero-order valence-corrected chi connectivity index (χ0v) is 16.2. The average Bonchev–Trinajstić information content (AvgIpc) is 2.60. The van der Waals surface area contributed by atoms with Crippen LogP contribution in [0.2, 0.25) is 0 Å². The second-order valence-corrected chi connectivity index (χ2v) is 7.02. The highest BCUT2D eigenvalue weighted by Crippen LogP contribution is 2.13. The number of methoxy groups -OCH3 is 1. The third kappa shape index (κ3) is 8.36. The monoisotopic (exact) mass is 373 g/mol. The molecule has 1 aromatic carbocycles. The highest BCUT2D eigenvalue weighted by molar-refractivity contribution is 5.91. The lowest BCUT2D eigenvalue weighted by Gasteiger charge is -2.19.